The topological polar surface area (TPSA) is 55.1 Å². The second-order valence-electron chi connectivity index (χ2n) is 5.69. The summed E-state index contributed by atoms with van der Waals surface area (Å²) < 4.78 is 0. The van der Waals surface area contributed by atoms with Crippen LogP contribution in [0.4, 0.5) is 0 Å². The fourth-order valence-electron chi connectivity index (χ4n) is 2.37. The van der Waals surface area contributed by atoms with E-state index in [9.17, 15) is 4.79 Å². The van der Waals surface area contributed by atoms with Gasteiger partial charge < -0.3 is 11.1 Å². The van der Waals surface area contributed by atoms with Gasteiger partial charge in [-0.15, -0.1) is 0 Å². The molecule has 1 saturated carbocycles. The Morgan fingerprint density at radius 3 is 2.56 bits per heavy atom. The van der Waals surface area contributed by atoms with Crippen molar-refractivity contribution >= 4 is 5.91 Å². The van der Waals surface area contributed by atoms with Crippen molar-refractivity contribution in [3.05, 3.63) is 0 Å². The van der Waals surface area contributed by atoms with E-state index in [1.54, 1.807) is 0 Å². The van der Waals surface area contributed by atoms with E-state index in [-0.39, 0.29) is 5.91 Å². The van der Waals surface area contributed by atoms with E-state index in [2.05, 4.69) is 12.2 Å². The number of amides is 1. The van der Waals surface area contributed by atoms with Crippen LogP contribution in [-0.2, 0) is 4.79 Å². The van der Waals surface area contributed by atoms with Crippen molar-refractivity contribution in [2.45, 2.75) is 52.4 Å². The molecule has 1 aliphatic carbocycles. The van der Waals surface area contributed by atoms with Gasteiger partial charge in [0.1, 0.15) is 0 Å². The molecule has 0 spiro atoms. The van der Waals surface area contributed by atoms with Gasteiger partial charge in [-0.2, -0.15) is 0 Å². The highest BCUT2D eigenvalue weighted by Crippen LogP contribution is 2.34. The predicted octanol–water partition coefficient (Wildman–Crippen LogP) is 2.06. The summed E-state index contributed by atoms with van der Waals surface area (Å²) in [5, 5.41) is 3.06. The molecule has 1 aliphatic rings. The lowest BCUT2D eigenvalue weighted by Gasteiger charge is -2.33. The normalized spacial score (nSPS) is 21.4. The molecule has 1 amide bonds. The van der Waals surface area contributed by atoms with E-state index in [0.717, 1.165) is 6.54 Å². The van der Waals surface area contributed by atoms with Gasteiger partial charge in [-0.1, -0.05) is 33.1 Å². The fourth-order valence-corrected chi connectivity index (χ4v) is 2.37. The smallest absolute Gasteiger partial charge is 0.220 e. The number of carbonyl (C=O) groups is 1. The van der Waals surface area contributed by atoms with Gasteiger partial charge >= 0.3 is 0 Å². The lowest BCUT2D eigenvalue weighted by atomic mass is 9.76. The summed E-state index contributed by atoms with van der Waals surface area (Å²) in [6.07, 6.45) is 7.04. The van der Waals surface area contributed by atoms with Gasteiger partial charge in [0.15, 0.2) is 0 Å². The van der Waals surface area contributed by atoms with Gasteiger partial charge in [-0.25, -0.2) is 0 Å². The monoisotopic (exact) mass is 226 g/mol. The molecule has 0 saturated heterocycles. The van der Waals surface area contributed by atoms with Crippen molar-refractivity contribution in [2.24, 2.45) is 17.1 Å². The van der Waals surface area contributed by atoms with E-state index in [4.69, 9.17) is 5.73 Å². The van der Waals surface area contributed by atoms with Crippen LogP contribution >= 0.6 is 0 Å². The molecule has 0 radical (unpaired) electrons. The van der Waals surface area contributed by atoms with Crippen molar-refractivity contribution in [3.63, 3.8) is 0 Å². The van der Waals surface area contributed by atoms with Crippen molar-refractivity contribution in [3.8, 4) is 0 Å². The fraction of sp³-hybridized carbons (Fsp3) is 0.923. The number of carbonyl (C=O) groups excluding carboxylic acids is 1. The molecule has 0 aromatic heterocycles. The highest BCUT2D eigenvalue weighted by Gasteiger charge is 2.27. The van der Waals surface area contributed by atoms with Gasteiger partial charge in [-0.05, 0) is 30.7 Å². The van der Waals surface area contributed by atoms with Crippen molar-refractivity contribution in [2.75, 3.05) is 13.1 Å². The molecule has 3 heteroatoms. The lowest BCUT2D eigenvalue weighted by Crippen LogP contribution is -2.37. The Labute approximate surface area is 99.2 Å². The number of nitrogens with two attached hydrogens (primary N) is 1. The summed E-state index contributed by atoms with van der Waals surface area (Å²) >= 11 is 0. The molecule has 0 aromatic carbocycles. The first-order chi connectivity index (χ1) is 7.56. The van der Waals surface area contributed by atoms with Crippen LogP contribution in [0, 0.1) is 11.3 Å². The van der Waals surface area contributed by atoms with E-state index < -0.39 is 0 Å². The average molecular weight is 226 g/mol. The lowest BCUT2D eigenvalue weighted by molar-refractivity contribution is -0.122. The summed E-state index contributed by atoms with van der Waals surface area (Å²) in [5.74, 6) is 0.448. The average Bonchev–Trinajstić information content (AvgIpc) is 2.27. The Bertz CT molecular complexity index is 222. The molecule has 1 atom stereocenters. The molecule has 0 aromatic rings. The molecule has 1 unspecified atom stereocenters. The maximum atomic E-state index is 11.6. The molecule has 0 aliphatic heterocycles. The van der Waals surface area contributed by atoms with Crippen LogP contribution in [0.2, 0.25) is 0 Å². The number of nitrogens with one attached hydrogen (secondary N) is 1. The Balaban J connectivity index is 2.24. The first kappa shape index (κ1) is 13.5. The van der Waals surface area contributed by atoms with Crippen molar-refractivity contribution in [1.29, 1.82) is 0 Å². The highest BCUT2D eigenvalue weighted by molar-refractivity contribution is 5.76. The van der Waals surface area contributed by atoms with Gasteiger partial charge in [0.25, 0.3) is 0 Å². The standard InChI is InChI=1S/C13H26N2O/c1-11(9-14)8-12(16)15-10-13(2)6-4-3-5-7-13/h11H,3-10,14H2,1-2H3,(H,15,16). The first-order valence-electron chi connectivity index (χ1n) is 6.52. The Morgan fingerprint density at radius 1 is 1.38 bits per heavy atom. The van der Waals surface area contributed by atoms with Crippen LogP contribution in [0.25, 0.3) is 0 Å². The molecule has 1 fully saturated rings. The quantitative estimate of drug-likeness (QED) is 0.754. The van der Waals surface area contributed by atoms with Crippen molar-refractivity contribution in [1.82, 2.24) is 5.32 Å². The van der Waals surface area contributed by atoms with Crippen LogP contribution in [0.3, 0.4) is 0 Å². The van der Waals surface area contributed by atoms with Crippen LogP contribution in [0.5, 0.6) is 0 Å². The zero-order chi connectivity index (χ0) is 12.0. The Morgan fingerprint density at radius 2 is 2.00 bits per heavy atom. The molecular formula is C13H26N2O. The minimum atomic E-state index is 0.157. The summed E-state index contributed by atoms with van der Waals surface area (Å²) in [6, 6.07) is 0. The maximum Gasteiger partial charge on any atom is 0.220 e. The Kier molecular flexibility index (Phi) is 5.26. The van der Waals surface area contributed by atoms with Gasteiger partial charge in [0.05, 0.1) is 0 Å². The molecule has 16 heavy (non-hydrogen) atoms. The Hall–Kier alpha value is -0.570. The zero-order valence-corrected chi connectivity index (χ0v) is 10.7. The molecule has 0 bridgehead atoms. The molecular weight excluding hydrogens is 200 g/mol. The predicted molar refractivity (Wildman–Crippen MR) is 67.0 cm³/mol. The van der Waals surface area contributed by atoms with Crippen LogP contribution < -0.4 is 11.1 Å². The summed E-state index contributed by atoms with van der Waals surface area (Å²) in [7, 11) is 0. The van der Waals surface area contributed by atoms with Crippen molar-refractivity contribution < 1.29 is 4.79 Å². The van der Waals surface area contributed by atoms with Gasteiger partial charge in [0.2, 0.25) is 5.91 Å². The van der Waals surface area contributed by atoms with E-state index in [1.807, 2.05) is 6.92 Å². The number of hydrogen-bond donors (Lipinski definition) is 2. The number of hydrogen-bond acceptors (Lipinski definition) is 2. The summed E-state index contributed by atoms with van der Waals surface area (Å²) in [4.78, 5) is 11.6. The first-order valence-corrected chi connectivity index (χ1v) is 6.52. The maximum absolute atomic E-state index is 11.6. The molecule has 3 nitrogen and oxygen atoms in total. The van der Waals surface area contributed by atoms with E-state index in [0.29, 0.717) is 24.3 Å². The number of rotatable bonds is 5. The minimum absolute atomic E-state index is 0.157. The second kappa shape index (κ2) is 6.24. The van der Waals surface area contributed by atoms with E-state index >= 15 is 0 Å². The third kappa shape index (κ3) is 4.52. The van der Waals surface area contributed by atoms with E-state index in [1.165, 1.54) is 32.1 Å². The van der Waals surface area contributed by atoms with Crippen LogP contribution in [-0.4, -0.2) is 19.0 Å². The molecule has 3 N–H and O–H groups in total. The van der Waals surface area contributed by atoms with Gasteiger partial charge in [-0.3, -0.25) is 4.79 Å². The highest BCUT2D eigenvalue weighted by atomic mass is 16.1. The molecule has 1 rings (SSSR count). The third-order valence-corrected chi connectivity index (χ3v) is 3.71. The largest absolute Gasteiger partial charge is 0.356 e. The zero-order valence-electron chi connectivity index (χ0n) is 10.7. The molecule has 0 heterocycles. The van der Waals surface area contributed by atoms with Gasteiger partial charge in [0, 0.05) is 13.0 Å². The van der Waals surface area contributed by atoms with Crippen LogP contribution in [0.15, 0.2) is 0 Å². The third-order valence-electron chi connectivity index (χ3n) is 3.71. The minimum Gasteiger partial charge on any atom is -0.356 e. The van der Waals surface area contributed by atoms with Crippen LogP contribution in [0.1, 0.15) is 52.4 Å². The summed E-state index contributed by atoms with van der Waals surface area (Å²) in [5.41, 5.74) is 5.84. The molecule has 94 valence electrons. The second-order valence-corrected chi connectivity index (χ2v) is 5.69. The summed E-state index contributed by atoms with van der Waals surface area (Å²) in [6.45, 7) is 5.73. The SMILES string of the molecule is CC(CN)CC(=O)NCC1(C)CCCCC1.